The van der Waals surface area contributed by atoms with Crippen molar-refractivity contribution in [3.63, 3.8) is 0 Å². The van der Waals surface area contributed by atoms with Crippen LogP contribution in [0.3, 0.4) is 0 Å². The Morgan fingerprint density at radius 3 is 1.72 bits per heavy atom. The molecule has 0 saturated carbocycles. The Morgan fingerprint density at radius 2 is 1.20 bits per heavy atom. The quantitative estimate of drug-likeness (QED) is 0.169. The minimum Gasteiger partial charge on any atom is -0.466 e. The van der Waals surface area contributed by atoms with E-state index in [4.69, 9.17) is 4.74 Å². The molecule has 0 aliphatic carbocycles. The molecule has 2 nitrogen and oxygen atoms in total. The van der Waals surface area contributed by atoms with Gasteiger partial charge in [0, 0.05) is 6.42 Å². The number of hydrogen-bond acceptors (Lipinski definition) is 2. The molecule has 0 saturated heterocycles. The predicted octanol–water partition coefficient (Wildman–Crippen LogP) is 7.09. The maximum absolute atomic E-state index is 11.3. The molecule has 0 bridgehead atoms. The lowest BCUT2D eigenvalue weighted by molar-refractivity contribution is -0.143. The second-order valence-electron chi connectivity index (χ2n) is 6.20. The first kappa shape index (κ1) is 23.4. The van der Waals surface area contributed by atoms with E-state index < -0.39 is 0 Å². The fourth-order valence-electron chi connectivity index (χ4n) is 2.21. The average molecular weight is 347 g/mol. The number of esters is 1. The van der Waals surface area contributed by atoms with E-state index in [0.29, 0.717) is 13.0 Å². The molecule has 0 heterocycles. The standard InChI is InChI=1S/C23H38O2/c1-3-5-6-7-8-9-10-11-12-13-14-15-16-17-18-19-20-21-23(24)25-22-4-2/h8-9,11-12,14-15,17-18H,3-7,10,13,16,19-22H2,1-2H3/b9-8+,12-11+,15-14-,18-17-. The van der Waals surface area contributed by atoms with Gasteiger partial charge in [-0.05, 0) is 51.4 Å². The lowest BCUT2D eigenvalue weighted by Crippen LogP contribution is -2.04. The van der Waals surface area contributed by atoms with Gasteiger partial charge in [0.25, 0.3) is 0 Å². The van der Waals surface area contributed by atoms with Gasteiger partial charge in [-0.1, -0.05) is 75.3 Å². The fraction of sp³-hybridized carbons (Fsp3) is 0.609. The van der Waals surface area contributed by atoms with Crippen molar-refractivity contribution in [3.05, 3.63) is 48.6 Å². The molecule has 0 spiro atoms. The van der Waals surface area contributed by atoms with E-state index in [9.17, 15) is 4.79 Å². The summed E-state index contributed by atoms with van der Waals surface area (Å²) in [7, 11) is 0. The Labute approximate surface area is 155 Å². The van der Waals surface area contributed by atoms with Crippen LogP contribution in [0, 0.1) is 0 Å². The first-order chi connectivity index (χ1) is 12.3. The van der Waals surface area contributed by atoms with E-state index in [1.807, 2.05) is 6.92 Å². The predicted molar refractivity (Wildman–Crippen MR) is 110 cm³/mol. The summed E-state index contributed by atoms with van der Waals surface area (Å²) in [6.07, 6.45) is 29.1. The SMILES string of the molecule is CCCCC/C=C/C/C=C/C/C=C\C/C=C\CCCC(=O)OCCC. The summed E-state index contributed by atoms with van der Waals surface area (Å²) in [6, 6.07) is 0. The molecule has 25 heavy (non-hydrogen) atoms. The van der Waals surface area contributed by atoms with E-state index in [-0.39, 0.29) is 5.97 Å². The molecule has 0 aliphatic rings. The largest absolute Gasteiger partial charge is 0.466 e. The van der Waals surface area contributed by atoms with E-state index in [2.05, 4.69) is 55.5 Å². The van der Waals surface area contributed by atoms with Crippen LogP contribution in [0.25, 0.3) is 0 Å². The number of allylic oxidation sites excluding steroid dienone is 8. The molecular formula is C23H38O2. The number of rotatable bonds is 16. The van der Waals surface area contributed by atoms with Crippen molar-refractivity contribution in [3.8, 4) is 0 Å². The van der Waals surface area contributed by atoms with Crippen molar-refractivity contribution in [2.24, 2.45) is 0 Å². The van der Waals surface area contributed by atoms with Crippen LogP contribution in [-0.2, 0) is 9.53 Å². The molecule has 0 aliphatic heterocycles. The monoisotopic (exact) mass is 346 g/mol. The van der Waals surface area contributed by atoms with Crippen LogP contribution in [0.4, 0.5) is 0 Å². The Bertz CT molecular complexity index is 402. The maximum atomic E-state index is 11.3. The molecular weight excluding hydrogens is 308 g/mol. The molecule has 0 aromatic heterocycles. The van der Waals surface area contributed by atoms with Crippen LogP contribution in [0.5, 0.6) is 0 Å². The highest BCUT2D eigenvalue weighted by molar-refractivity contribution is 5.69. The van der Waals surface area contributed by atoms with Gasteiger partial charge in [-0.15, -0.1) is 0 Å². The van der Waals surface area contributed by atoms with Crippen LogP contribution in [0.1, 0.15) is 84.5 Å². The van der Waals surface area contributed by atoms with E-state index in [1.165, 1.54) is 25.7 Å². The Hall–Kier alpha value is -1.57. The fourth-order valence-corrected chi connectivity index (χ4v) is 2.21. The number of carbonyl (C=O) groups is 1. The Morgan fingerprint density at radius 1 is 0.680 bits per heavy atom. The van der Waals surface area contributed by atoms with Crippen molar-refractivity contribution >= 4 is 5.97 Å². The van der Waals surface area contributed by atoms with Gasteiger partial charge in [0.2, 0.25) is 0 Å². The minimum atomic E-state index is -0.0715. The Balaban J connectivity index is 3.44. The molecule has 0 atom stereocenters. The molecule has 0 unspecified atom stereocenters. The maximum Gasteiger partial charge on any atom is 0.305 e. The topological polar surface area (TPSA) is 26.3 Å². The van der Waals surface area contributed by atoms with Gasteiger partial charge < -0.3 is 4.74 Å². The third kappa shape index (κ3) is 20.4. The third-order valence-electron chi connectivity index (χ3n) is 3.68. The highest BCUT2D eigenvalue weighted by Crippen LogP contribution is 2.02. The molecule has 0 N–H and O–H groups in total. The minimum absolute atomic E-state index is 0.0715. The normalized spacial score (nSPS) is 12.2. The summed E-state index contributed by atoms with van der Waals surface area (Å²) in [4.78, 5) is 11.3. The van der Waals surface area contributed by atoms with Crippen LogP contribution in [0.2, 0.25) is 0 Å². The summed E-state index contributed by atoms with van der Waals surface area (Å²) in [5.41, 5.74) is 0. The van der Waals surface area contributed by atoms with Gasteiger partial charge in [0.15, 0.2) is 0 Å². The molecule has 0 aromatic carbocycles. The van der Waals surface area contributed by atoms with Gasteiger partial charge in [-0.3, -0.25) is 4.79 Å². The molecule has 0 radical (unpaired) electrons. The number of carbonyl (C=O) groups excluding carboxylic acids is 1. The summed E-state index contributed by atoms with van der Waals surface area (Å²) < 4.78 is 5.04. The second-order valence-corrected chi connectivity index (χ2v) is 6.20. The number of unbranched alkanes of at least 4 members (excludes halogenated alkanes) is 4. The smallest absolute Gasteiger partial charge is 0.305 e. The molecule has 0 rings (SSSR count). The first-order valence-electron chi connectivity index (χ1n) is 10.1. The second kappa shape index (κ2) is 20.5. The summed E-state index contributed by atoms with van der Waals surface area (Å²) >= 11 is 0. The zero-order valence-electron chi connectivity index (χ0n) is 16.4. The van der Waals surface area contributed by atoms with Gasteiger partial charge in [-0.25, -0.2) is 0 Å². The zero-order chi connectivity index (χ0) is 18.4. The van der Waals surface area contributed by atoms with Crippen molar-refractivity contribution < 1.29 is 9.53 Å². The van der Waals surface area contributed by atoms with Crippen LogP contribution >= 0.6 is 0 Å². The van der Waals surface area contributed by atoms with Gasteiger partial charge in [0.1, 0.15) is 0 Å². The molecule has 0 aromatic rings. The lowest BCUT2D eigenvalue weighted by Gasteiger charge is -2.00. The van der Waals surface area contributed by atoms with E-state index in [1.54, 1.807) is 0 Å². The van der Waals surface area contributed by atoms with Gasteiger partial charge in [0.05, 0.1) is 6.61 Å². The van der Waals surface area contributed by atoms with Crippen molar-refractivity contribution in [2.45, 2.75) is 84.5 Å². The van der Waals surface area contributed by atoms with Crippen molar-refractivity contribution in [2.75, 3.05) is 6.61 Å². The first-order valence-corrected chi connectivity index (χ1v) is 10.1. The average Bonchev–Trinajstić information content (AvgIpc) is 2.62. The van der Waals surface area contributed by atoms with E-state index in [0.717, 1.165) is 38.5 Å². The third-order valence-corrected chi connectivity index (χ3v) is 3.68. The van der Waals surface area contributed by atoms with Gasteiger partial charge in [-0.2, -0.15) is 0 Å². The van der Waals surface area contributed by atoms with Crippen LogP contribution in [-0.4, -0.2) is 12.6 Å². The molecule has 0 amide bonds. The van der Waals surface area contributed by atoms with Crippen molar-refractivity contribution in [1.29, 1.82) is 0 Å². The summed E-state index contributed by atoms with van der Waals surface area (Å²) in [5.74, 6) is -0.0715. The highest BCUT2D eigenvalue weighted by atomic mass is 16.5. The van der Waals surface area contributed by atoms with E-state index >= 15 is 0 Å². The molecule has 142 valence electrons. The lowest BCUT2D eigenvalue weighted by atomic mass is 10.2. The van der Waals surface area contributed by atoms with Crippen LogP contribution in [0.15, 0.2) is 48.6 Å². The number of hydrogen-bond donors (Lipinski definition) is 0. The Kier molecular flexibility index (Phi) is 19.2. The summed E-state index contributed by atoms with van der Waals surface area (Å²) in [5, 5.41) is 0. The molecule has 2 heteroatoms. The van der Waals surface area contributed by atoms with Crippen molar-refractivity contribution in [1.82, 2.24) is 0 Å². The van der Waals surface area contributed by atoms with Gasteiger partial charge >= 0.3 is 5.97 Å². The molecule has 0 fully saturated rings. The zero-order valence-corrected chi connectivity index (χ0v) is 16.4. The highest BCUT2D eigenvalue weighted by Gasteiger charge is 1.99. The summed E-state index contributed by atoms with van der Waals surface area (Å²) in [6.45, 7) is 4.79. The number of ether oxygens (including phenoxy) is 1. The van der Waals surface area contributed by atoms with Crippen LogP contribution < -0.4 is 0 Å².